The van der Waals surface area contributed by atoms with Crippen molar-refractivity contribution in [2.24, 2.45) is 0 Å². The van der Waals surface area contributed by atoms with Gasteiger partial charge in [0.25, 0.3) is 0 Å². The molecule has 1 saturated heterocycles. The molecule has 1 fully saturated rings. The van der Waals surface area contributed by atoms with Crippen LogP contribution in [0.3, 0.4) is 0 Å². The number of carbonyl (C=O) groups excluding carboxylic acids is 2. The molecule has 1 aromatic heterocycles. The number of methoxy groups -OCH3 is 1. The van der Waals surface area contributed by atoms with E-state index in [1.807, 2.05) is 52.0 Å². The summed E-state index contributed by atoms with van der Waals surface area (Å²) in [5.41, 5.74) is 3.47. The zero-order valence-electron chi connectivity index (χ0n) is 22.2. The summed E-state index contributed by atoms with van der Waals surface area (Å²) in [6.07, 6.45) is 2.09. The lowest BCUT2D eigenvalue weighted by Crippen LogP contribution is -2.38. The smallest absolute Gasteiger partial charge is 0.419 e. The monoisotopic (exact) mass is 508 g/mol. The van der Waals surface area contributed by atoms with Crippen LogP contribution in [0.15, 0.2) is 42.6 Å². The Hall–Kier alpha value is -3.20. The van der Waals surface area contributed by atoms with Crippen LogP contribution in [0.2, 0.25) is 0 Å². The van der Waals surface area contributed by atoms with E-state index in [1.54, 1.807) is 30.0 Å². The first-order valence-corrected chi connectivity index (χ1v) is 12.6. The Balaban J connectivity index is 1.72. The summed E-state index contributed by atoms with van der Waals surface area (Å²) in [4.78, 5) is 27.1. The van der Waals surface area contributed by atoms with Gasteiger partial charge in [-0.1, -0.05) is 24.3 Å². The summed E-state index contributed by atoms with van der Waals surface area (Å²) in [7, 11) is 1.64. The Morgan fingerprint density at radius 2 is 1.84 bits per heavy atom. The molecule has 0 spiro atoms. The van der Waals surface area contributed by atoms with Crippen LogP contribution in [-0.2, 0) is 11.3 Å². The van der Waals surface area contributed by atoms with E-state index in [1.165, 1.54) is 0 Å². The maximum atomic E-state index is 12.9. The first-order chi connectivity index (χ1) is 17.5. The molecule has 2 heterocycles. The number of aliphatic hydroxyl groups excluding tert-OH is 2. The first kappa shape index (κ1) is 26.9. The van der Waals surface area contributed by atoms with Crippen LogP contribution < -0.4 is 4.74 Å². The summed E-state index contributed by atoms with van der Waals surface area (Å²) in [5, 5.41) is 20.6. The fraction of sp³-hybridized carbons (Fsp3) is 0.448. The van der Waals surface area contributed by atoms with Gasteiger partial charge >= 0.3 is 6.09 Å². The van der Waals surface area contributed by atoms with Gasteiger partial charge in [0.05, 0.1) is 18.7 Å². The van der Waals surface area contributed by atoms with Crippen molar-refractivity contribution in [2.45, 2.75) is 64.8 Å². The molecular formula is C29H36N2O6. The second-order valence-electron chi connectivity index (χ2n) is 10.7. The highest BCUT2D eigenvalue weighted by molar-refractivity contribution is 5.97. The molecule has 8 heteroatoms. The molecule has 3 aromatic rings. The molecular weight excluding hydrogens is 472 g/mol. The number of fused-ring (bicyclic) bond motifs is 1. The van der Waals surface area contributed by atoms with Gasteiger partial charge in [0.2, 0.25) is 0 Å². The van der Waals surface area contributed by atoms with E-state index >= 15 is 0 Å². The number of piperidine rings is 1. The Bertz CT molecular complexity index is 1290. The average molecular weight is 509 g/mol. The third-order valence-corrected chi connectivity index (χ3v) is 6.85. The average Bonchev–Trinajstić information content (AvgIpc) is 3.31. The largest absolute Gasteiger partial charge is 0.496 e. The zero-order valence-corrected chi connectivity index (χ0v) is 22.2. The fourth-order valence-electron chi connectivity index (χ4n) is 5.09. The normalized spacial score (nSPS) is 18.7. The van der Waals surface area contributed by atoms with E-state index in [9.17, 15) is 14.7 Å². The Labute approximate surface area is 217 Å². The van der Waals surface area contributed by atoms with Gasteiger partial charge in [-0.15, -0.1) is 0 Å². The number of ketones is 1. The second kappa shape index (κ2) is 10.7. The molecule has 37 heavy (non-hydrogen) atoms. The molecule has 2 N–H and O–H groups in total. The topological polar surface area (TPSA) is 101 Å². The standard InChI is InChI=1S/C29H36N2O6/c1-18-14-26(36-5)23(22-11-13-31(27(18)22)28(35)37-29(2,3)4)16-30-12-10-21(33)15-24(30)19-6-8-20(9-7-19)25(34)17-32/h6-9,11,13-14,21,24,32-33H,10,12,15-17H2,1-5H3/t21-,24?/m1/s1. The highest BCUT2D eigenvalue weighted by Crippen LogP contribution is 2.38. The van der Waals surface area contributed by atoms with Gasteiger partial charge in [-0.3, -0.25) is 14.3 Å². The molecule has 1 aliphatic heterocycles. The molecule has 2 aromatic carbocycles. The van der Waals surface area contributed by atoms with Crippen molar-refractivity contribution in [1.82, 2.24) is 9.47 Å². The molecule has 0 aliphatic carbocycles. The van der Waals surface area contributed by atoms with E-state index in [0.717, 1.165) is 33.3 Å². The number of aromatic nitrogens is 1. The molecule has 0 radical (unpaired) electrons. The highest BCUT2D eigenvalue weighted by atomic mass is 16.6. The SMILES string of the molecule is COc1cc(C)c2c(ccn2C(=O)OC(C)(C)C)c1CN1CC[C@@H](O)CC1c1ccc(C(=O)CO)cc1. The number of aliphatic hydroxyl groups is 2. The van der Waals surface area contributed by atoms with Crippen molar-refractivity contribution in [3.63, 3.8) is 0 Å². The number of likely N-dealkylation sites (tertiary alicyclic amines) is 1. The summed E-state index contributed by atoms with van der Waals surface area (Å²) in [6.45, 7) is 8.17. The van der Waals surface area contributed by atoms with Gasteiger partial charge in [-0.25, -0.2) is 4.79 Å². The maximum absolute atomic E-state index is 12.9. The van der Waals surface area contributed by atoms with E-state index in [0.29, 0.717) is 31.5 Å². The van der Waals surface area contributed by atoms with Crippen molar-refractivity contribution in [2.75, 3.05) is 20.3 Å². The van der Waals surface area contributed by atoms with Crippen molar-refractivity contribution in [3.8, 4) is 5.75 Å². The summed E-state index contributed by atoms with van der Waals surface area (Å²) >= 11 is 0. The number of hydrogen-bond acceptors (Lipinski definition) is 7. The third-order valence-electron chi connectivity index (χ3n) is 6.85. The van der Waals surface area contributed by atoms with Crippen molar-refractivity contribution >= 4 is 22.8 Å². The van der Waals surface area contributed by atoms with Crippen LogP contribution >= 0.6 is 0 Å². The number of ether oxygens (including phenoxy) is 2. The molecule has 0 amide bonds. The van der Waals surface area contributed by atoms with E-state index < -0.39 is 24.4 Å². The predicted molar refractivity (Wildman–Crippen MR) is 141 cm³/mol. The number of Topliss-reactive ketones (excluding diaryl/α,β-unsaturated/α-hetero) is 1. The predicted octanol–water partition coefficient (Wildman–Crippen LogP) is 4.61. The van der Waals surface area contributed by atoms with Gasteiger partial charge in [-0.2, -0.15) is 0 Å². The van der Waals surface area contributed by atoms with Crippen molar-refractivity contribution < 1.29 is 29.3 Å². The quantitative estimate of drug-likeness (QED) is 0.469. The van der Waals surface area contributed by atoms with Crippen LogP contribution in [-0.4, -0.2) is 63.5 Å². The Morgan fingerprint density at radius 1 is 1.14 bits per heavy atom. The van der Waals surface area contributed by atoms with Gasteiger partial charge in [0.1, 0.15) is 18.0 Å². The van der Waals surface area contributed by atoms with Crippen LogP contribution in [0, 0.1) is 6.92 Å². The van der Waals surface area contributed by atoms with Gasteiger partial charge < -0.3 is 19.7 Å². The summed E-state index contributed by atoms with van der Waals surface area (Å²) in [6, 6.07) is 11.0. The minimum Gasteiger partial charge on any atom is -0.496 e. The zero-order chi connectivity index (χ0) is 26.9. The number of benzene rings is 2. The lowest BCUT2D eigenvalue weighted by Gasteiger charge is -2.38. The fourth-order valence-corrected chi connectivity index (χ4v) is 5.09. The van der Waals surface area contributed by atoms with Gasteiger partial charge in [-0.05, 0) is 63.8 Å². The van der Waals surface area contributed by atoms with Crippen LogP contribution in [0.1, 0.15) is 66.7 Å². The minimum atomic E-state index is -0.615. The van der Waals surface area contributed by atoms with Crippen LogP contribution in [0.5, 0.6) is 5.75 Å². The number of aryl methyl sites for hydroxylation is 1. The summed E-state index contributed by atoms with van der Waals surface area (Å²) in [5.74, 6) is 0.411. The molecule has 1 unspecified atom stereocenters. The highest BCUT2D eigenvalue weighted by Gasteiger charge is 2.31. The van der Waals surface area contributed by atoms with Crippen LogP contribution in [0.4, 0.5) is 4.79 Å². The Morgan fingerprint density at radius 3 is 2.46 bits per heavy atom. The maximum Gasteiger partial charge on any atom is 0.419 e. The van der Waals surface area contributed by atoms with Gasteiger partial charge in [0.15, 0.2) is 5.78 Å². The lowest BCUT2D eigenvalue weighted by atomic mass is 9.91. The van der Waals surface area contributed by atoms with Crippen LogP contribution in [0.25, 0.3) is 10.9 Å². The molecule has 4 rings (SSSR count). The van der Waals surface area contributed by atoms with E-state index in [4.69, 9.17) is 14.6 Å². The number of rotatable bonds is 6. The molecule has 198 valence electrons. The van der Waals surface area contributed by atoms with Crippen molar-refractivity contribution in [1.29, 1.82) is 0 Å². The summed E-state index contributed by atoms with van der Waals surface area (Å²) < 4.78 is 13.0. The second-order valence-corrected chi connectivity index (χ2v) is 10.7. The third kappa shape index (κ3) is 5.71. The molecule has 0 bridgehead atoms. The number of hydrogen-bond donors (Lipinski definition) is 2. The lowest BCUT2D eigenvalue weighted by molar-refractivity contribution is 0.0362. The number of carbonyl (C=O) groups is 2. The van der Waals surface area contributed by atoms with E-state index in [-0.39, 0.29) is 11.8 Å². The molecule has 1 aliphatic rings. The molecule has 2 atom stereocenters. The Kier molecular flexibility index (Phi) is 7.73. The molecule has 8 nitrogen and oxygen atoms in total. The number of nitrogens with zero attached hydrogens (tertiary/aromatic N) is 2. The van der Waals surface area contributed by atoms with E-state index in [2.05, 4.69) is 4.90 Å². The van der Waals surface area contributed by atoms with Gasteiger partial charge in [0, 0.05) is 41.8 Å². The first-order valence-electron chi connectivity index (χ1n) is 12.6. The molecule has 0 saturated carbocycles. The van der Waals surface area contributed by atoms with Crippen molar-refractivity contribution in [3.05, 3.63) is 64.8 Å². The minimum absolute atomic E-state index is 0.0731.